The number of carbonyl (C=O) groups is 1. The number of carbonyl (C=O) groups excluding carboxylic acids is 1. The first-order valence-corrected chi connectivity index (χ1v) is 6.49. The van der Waals surface area contributed by atoms with Gasteiger partial charge in [-0.2, -0.15) is 0 Å². The molecular weight excluding hydrogens is 252 g/mol. The van der Waals surface area contributed by atoms with E-state index >= 15 is 0 Å². The van der Waals surface area contributed by atoms with Crippen molar-refractivity contribution in [2.24, 2.45) is 0 Å². The zero-order valence-electron chi connectivity index (χ0n) is 10.1. The van der Waals surface area contributed by atoms with Crippen LogP contribution in [-0.2, 0) is 9.53 Å². The molecule has 1 heterocycles. The summed E-state index contributed by atoms with van der Waals surface area (Å²) in [6.45, 7) is 0.813. The molecule has 0 spiro atoms. The lowest BCUT2D eigenvalue weighted by molar-refractivity contribution is -0.116. The minimum atomic E-state index is -0.0560. The minimum Gasteiger partial charge on any atom is -0.397 e. The Morgan fingerprint density at radius 2 is 2.39 bits per heavy atom. The molecule has 1 aliphatic heterocycles. The van der Waals surface area contributed by atoms with E-state index in [1.807, 2.05) is 0 Å². The summed E-state index contributed by atoms with van der Waals surface area (Å²) in [5, 5.41) is 3.33. The average Bonchev–Trinajstić information content (AvgIpc) is 2.84. The maximum absolute atomic E-state index is 11.8. The standard InChI is InChI=1S/C13H17ClN2O2/c14-9-3-5-11(15)12(8-9)16-13(17)6-4-10-2-1-7-18-10/h3,5,8,10H,1-2,4,6-7,15H2,(H,16,17). The molecule has 0 aromatic heterocycles. The van der Waals surface area contributed by atoms with Crippen molar-refractivity contribution in [1.82, 2.24) is 0 Å². The average molecular weight is 269 g/mol. The molecule has 0 radical (unpaired) electrons. The van der Waals surface area contributed by atoms with Gasteiger partial charge < -0.3 is 15.8 Å². The van der Waals surface area contributed by atoms with Crippen molar-refractivity contribution in [3.63, 3.8) is 0 Å². The zero-order chi connectivity index (χ0) is 13.0. The lowest BCUT2D eigenvalue weighted by Gasteiger charge is -2.11. The monoisotopic (exact) mass is 268 g/mol. The van der Waals surface area contributed by atoms with Crippen LogP contribution in [0.3, 0.4) is 0 Å². The van der Waals surface area contributed by atoms with E-state index in [1.54, 1.807) is 18.2 Å². The van der Waals surface area contributed by atoms with Gasteiger partial charge in [-0.25, -0.2) is 0 Å². The molecule has 3 N–H and O–H groups in total. The van der Waals surface area contributed by atoms with Gasteiger partial charge in [0.15, 0.2) is 0 Å². The van der Waals surface area contributed by atoms with E-state index in [0.717, 1.165) is 25.9 Å². The van der Waals surface area contributed by atoms with Crippen molar-refractivity contribution in [3.05, 3.63) is 23.2 Å². The van der Waals surface area contributed by atoms with E-state index in [-0.39, 0.29) is 12.0 Å². The van der Waals surface area contributed by atoms with Crippen LogP contribution in [0.25, 0.3) is 0 Å². The Kier molecular flexibility index (Phi) is 4.44. The van der Waals surface area contributed by atoms with Gasteiger partial charge in [-0.1, -0.05) is 11.6 Å². The Bertz CT molecular complexity index is 431. The number of ether oxygens (including phenoxy) is 1. The van der Waals surface area contributed by atoms with Gasteiger partial charge in [0.2, 0.25) is 5.91 Å². The lowest BCUT2D eigenvalue weighted by atomic mass is 10.1. The number of nitrogens with one attached hydrogen (secondary N) is 1. The zero-order valence-corrected chi connectivity index (χ0v) is 10.9. The van der Waals surface area contributed by atoms with E-state index < -0.39 is 0 Å². The van der Waals surface area contributed by atoms with Crippen molar-refractivity contribution >= 4 is 28.9 Å². The third kappa shape index (κ3) is 3.62. The van der Waals surface area contributed by atoms with Gasteiger partial charge in [0.25, 0.3) is 0 Å². The molecule has 2 rings (SSSR count). The molecule has 1 amide bonds. The molecule has 0 saturated carbocycles. The second kappa shape index (κ2) is 6.07. The number of rotatable bonds is 4. The molecule has 1 aromatic carbocycles. The summed E-state index contributed by atoms with van der Waals surface area (Å²) in [4.78, 5) is 11.8. The Morgan fingerprint density at radius 1 is 1.56 bits per heavy atom. The van der Waals surface area contributed by atoms with Gasteiger partial charge in [0, 0.05) is 18.1 Å². The number of hydrogen-bond donors (Lipinski definition) is 2. The van der Waals surface area contributed by atoms with E-state index in [9.17, 15) is 4.79 Å². The summed E-state index contributed by atoms with van der Waals surface area (Å²) in [6, 6.07) is 5.03. The molecule has 5 heteroatoms. The van der Waals surface area contributed by atoms with Crippen molar-refractivity contribution in [2.45, 2.75) is 31.8 Å². The Labute approximate surface area is 111 Å². The van der Waals surface area contributed by atoms with Gasteiger partial charge >= 0.3 is 0 Å². The van der Waals surface area contributed by atoms with Crippen LogP contribution in [0.15, 0.2) is 18.2 Å². The van der Waals surface area contributed by atoms with Crippen LogP contribution in [0.5, 0.6) is 0 Å². The fourth-order valence-electron chi connectivity index (χ4n) is 2.01. The molecular formula is C13H17ClN2O2. The highest BCUT2D eigenvalue weighted by Gasteiger charge is 2.16. The smallest absolute Gasteiger partial charge is 0.224 e. The second-order valence-corrected chi connectivity index (χ2v) is 4.89. The van der Waals surface area contributed by atoms with E-state index in [1.165, 1.54) is 0 Å². The molecule has 1 fully saturated rings. The topological polar surface area (TPSA) is 64.3 Å². The normalized spacial score (nSPS) is 18.8. The van der Waals surface area contributed by atoms with Crippen molar-refractivity contribution in [2.75, 3.05) is 17.7 Å². The van der Waals surface area contributed by atoms with E-state index in [0.29, 0.717) is 22.8 Å². The molecule has 1 aliphatic rings. The quantitative estimate of drug-likeness (QED) is 0.826. The molecule has 0 aliphatic carbocycles. The first kappa shape index (κ1) is 13.2. The number of nitrogens with two attached hydrogens (primary N) is 1. The first-order valence-electron chi connectivity index (χ1n) is 6.11. The van der Waals surface area contributed by atoms with Gasteiger partial charge in [0.1, 0.15) is 0 Å². The minimum absolute atomic E-state index is 0.0560. The fraction of sp³-hybridized carbons (Fsp3) is 0.462. The number of nitrogen functional groups attached to an aromatic ring is 1. The van der Waals surface area contributed by atoms with Crippen molar-refractivity contribution < 1.29 is 9.53 Å². The maximum Gasteiger partial charge on any atom is 0.224 e. The highest BCUT2D eigenvalue weighted by molar-refractivity contribution is 6.31. The first-order chi connectivity index (χ1) is 8.65. The number of amides is 1. The number of anilines is 2. The van der Waals surface area contributed by atoms with Crippen LogP contribution in [-0.4, -0.2) is 18.6 Å². The Morgan fingerprint density at radius 3 is 3.11 bits per heavy atom. The lowest BCUT2D eigenvalue weighted by Crippen LogP contribution is -2.16. The highest BCUT2D eigenvalue weighted by atomic mass is 35.5. The van der Waals surface area contributed by atoms with E-state index in [4.69, 9.17) is 22.1 Å². The summed E-state index contributed by atoms with van der Waals surface area (Å²) in [7, 11) is 0. The molecule has 98 valence electrons. The van der Waals surface area contributed by atoms with Crippen LogP contribution >= 0.6 is 11.6 Å². The van der Waals surface area contributed by atoms with Crippen LogP contribution in [0.4, 0.5) is 11.4 Å². The fourth-order valence-corrected chi connectivity index (χ4v) is 2.19. The maximum atomic E-state index is 11.8. The van der Waals surface area contributed by atoms with Crippen LogP contribution in [0.2, 0.25) is 5.02 Å². The highest BCUT2D eigenvalue weighted by Crippen LogP contribution is 2.23. The van der Waals surface area contributed by atoms with E-state index in [2.05, 4.69) is 5.32 Å². The molecule has 1 unspecified atom stereocenters. The van der Waals surface area contributed by atoms with Crippen LogP contribution in [0.1, 0.15) is 25.7 Å². The predicted molar refractivity (Wildman–Crippen MR) is 72.7 cm³/mol. The summed E-state index contributed by atoms with van der Waals surface area (Å²) in [5.41, 5.74) is 6.85. The van der Waals surface area contributed by atoms with Crippen molar-refractivity contribution in [3.8, 4) is 0 Å². The van der Waals surface area contributed by atoms with Crippen molar-refractivity contribution in [1.29, 1.82) is 0 Å². The summed E-state index contributed by atoms with van der Waals surface area (Å²) in [5.74, 6) is -0.0560. The number of benzene rings is 1. The summed E-state index contributed by atoms with van der Waals surface area (Å²) in [6.07, 6.45) is 3.57. The third-order valence-electron chi connectivity index (χ3n) is 3.01. The third-order valence-corrected chi connectivity index (χ3v) is 3.24. The second-order valence-electron chi connectivity index (χ2n) is 4.45. The number of halogens is 1. The van der Waals surface area contributed by atoms with Gasteiger partial charge in [-0.05, 0) is 37.5 Å². The molecule has 1 aromatic rings. The molecule has 4 nitrogen and oxygen atoms in total. The largest absolute Gasteiger partial charge is 0.397 e. The number of hydrogen-bond acceptors (Lipinski definition) is 3. The Hall–Kier alpha value is -1.26. The Balaban J connectivity index is 1.84. The van der Waals surface area contributed by atoms with Gasteiger partial charge in [-0.3, -0.25) is 4.79 Å². The van der Waals surface area contributed by atoms with Crippen LogP contribution in [0, 0.1) is 0 Å². The molecule has 18 heavy (non-hydrogen) atoms. The molecule has 0 bridgehead atoms. The van der Waals surface area contributed by atoms with Gasteiger partial charge in [-0.15, -0.1) is 0 Å². The predicted octanol–water partition coefficient (Wildman–Crippen LogP) is 2.82. The van der Waals surface area contributed by atoms with Gasteiger partial charge in [0.05, 0.1) is 17.5 Å². The molecule has 1 atom stereocenters. The summed E-state index contributed by atoms with van der Waals surface area (Å²) < 4.78 is 5.47. The molecule has 1 saturated heterocycles. The van der Waals surface area contributed by atoms with Crippen LogP contribution < -0.4 is 11.1 Å². The SMILES string of the molecule is Nc1ccc(Cl)cc1NC(=O)CCC1CCCO1. The summed E-state index contributed by atoms with van der Waals surface area (Å²) >= 11 is 5.85.